The van der Waals surface area contributed by atoms with Gasteiger partial charge in [-0.3, -0.25) is 54.2 Å². The summed E-state index contributed by atoms with van der Waals surface area (Å²) in [5.74, 6) is 2.06. The van der Waals surface area contributed by atoms with E-state index in [9.17, 15) is 43.2 Å². The molecule has 0 bridgehead atoms. The predicted octanol–water partition coefficient (Wildman–Crippen LogP) is 11.7. The van der Waals surface area contributed by atoms with Crippen molar-refractivity contribution in [3.63, 3.8) is 0 Å². The highest BCUT2D eigenvalue weighted by Crippen LogP contribution is 2.22. The summed E-state index contributed by atoms with van der Waals surface area (Å²) in [6.45, 7) is 28.4. The fourth-order valence-corrected chi connectivity index (χ4v) is 7.55. The zero-order valence-corrected chi connectivity index (χ0v) is 58.7. The lowest BCUT2D eigenvalue weighted by Crippen LogP contribution is -2.27. The summed E-state index contributed by atoms with van der Waals surface area (Å²) in [4.78, 5) is 100. The average molecular weight is 1300 g/mol. The molecule has 0 aliphatic rings. The zero-order valence-electron chi connectivity index (χ0n) is 58.7. The van der Waals surface area contributed by atoms with Crippen LogP contribution in [0.1, 0.15) is 185 Å². The van der Waals surface area contributed by atoms with E-state index in [0.29, 0.717) is 44.2 Å². The smallest absolute Gasteiger partial charge is 0.217 e. The maximum absolute atomic E-state index is 11.3. The number of aliphatic imine (C=N–C) groups is 1. The van der Waals surface area contributed by atoms with Gasteiger partial charge in [0.1, 0.15) is 64.9 Å². The highest BCUT2D eigenvalue weighted by atomic mass is 16.3. The molecule has 0 radical (unpaired) electrons. The Bertz CT molecular complexity index is 3170. The van der Waals surface area contributed by atoms with E-state index >= 15 is 0 Å². The largest absolute Gasteiger partial charge is 0.508 e. The molecular weight excluding hydrogens is 1190 g/mol. The number of nitrogens with zero attached hydrogens (tertiary/aromatic N) is 2. The number of benzene rings is 4. The summed E-state index contributed by atoms with van der Waals surface area (Å²) in [7, 11) is 1.99. The summed E-state index contributed by atoms with van der Waals surface area (Å²) >= 11 is 0. The SMILES string of the molecule is C.CC(=O)C(C)CC(=N)N.CC(=O)C(C)CCC(N)=O.CC(=O)C(C)CCCN=C(N)N.CC(=O)C(C)Cc1ccc(O)cc1.CC(=O)C(C)Cc1ccc[n+](C)c1.CC(=O)C(C)Cc1cccc(C(=N)N)c1.CC(=O)C(C)Cc1cccc2ccccc12.CCC(C)=O. The zero-order chi connectivity index (χ0) is 72.1. The van der Waals surface area contributed by atoms with Crippen LogP contribution in [0.2, 0.25) is 0 Å². The summed E-state index contributed by atoms with van der Waals surface area (Å²) in [5.41, 5.74) is 30.9. The lowest BCUT2D eigenvalue weighted by Gasteiger charge is -2.10. The molecule has 0 aliphatic heterocycles. The number of amides is 1. The number of nitrogen functional groups attached to an aromatic ring is 1. The topological polar surface area (TPSA) is 368 Å². The number of amidine groups is 2. The van der Waals surface area contributed by atoms with Crippen LogP contribution in [0.4, 0.5) is 0 Å². The minimum Gasteiger partial charge on any atom is -0.508 e. The van der Waals surface area contributed by atoms with Crippen LogP contribution in [-0.2, 0) is 75.9 Å². The lowest BCUT2D eigenvalue weighted by molar-refractivity contribution is -0.671. The molecule has 13 N–H and O–H groups in total. The van der Waals surface area contributed by atoms with Gasteiger partial charge in [0, 0.05) is 84.4 Å². The van der Waals surface area contributed by atoms with E-state index in [1.165, 1.54) is 35.7 Å². The molecule has 94 heavy (non-hydrogen) atoms. The number of phenolic OH excluding ortho intramolecular Hbond substituents is 1. The molecule has 5 aromatic rings. The number of ketones is 8. The Morgan fingerprint density at radius 1 is 0.511 bits per heavy atom. The molecule has 1 amide bonds. The molecular formula is C75H116N9O10+. The number of Topliss-reactive ketones (excluding diaryl/α,β-unsaturated/α-hetero) is 8. The van der Waals surface area contributed by atoms with Crippen molar-refractivity contribution in [2.75, 3.05) is 6.54 Å². The first-order chi connectivity index (χ1) is 43.2. The van der Waals surface area contributed by atoms with Gasteiger partial charge >= 0.3 is 0 Å². The number of hydrogen-bond donors (Lipinski definition) is 8. The van der Waals surface area contributed by atoms with Crippen molar-refractivity contribution in [2.45, 2.75) is 182 Å². The van der Waals surface area contributed by atoms with Crippen molar-refractivity contribution >= 4 is 80.6 Å². The Kier molecular flexibility index (Phi) is 50.3. The van der Waals surface area contributed by atoms with E-state index in [4.69, 9.17) is 44.6 Å². The van der Waals surface area contributed by atoms with E-state index in [2.05, 4.69) is 47.6 Å². The number of guanidine groups is 1. The Labute approximate surface area is 561 Å². The van der Waals surface area contributed by atoms with Crippen LogP contribution in [0, 0.1) is 52.2 Å². The molecule has 0 fully saturated rings. The van der Waals surface area contributed by atoms with Crippen LogP contribution in [0.3, 0.4) is 0 Å². The first-order valence-corrected chi connectivity index (χ1v) is 31.6. The van der Waals surface area contributed by atoms with Gasteiger partial charge in [-0.05, 0) is 152 Å². The number of fused-ring (bicyclic) bond motifs is 1. The normalized spacial score (nSPS) is 12.1. The molecule has 0 saturated heterocycles. The van der Waals surface area contributed by atoms with E-state index in [0.717, 1.165) is 43.2 Å². The van der Waals surface area contributed by atoms with Gasteiger partial charge in [0.15, 0.2) is 18.4 Å². The van der Waals surface area contributed by atoms with Gasteiger partial charge in [0.2, 0.25) is 5.91 Å². The second kappa shape index (κ2) is 51.6. The first kappa shape index (κ1) is 91.5. The number of aromatic hydroxyl groups is 1. The number of hydrogen-bond acceptors (Lipinski definition) is 13. The number of nitrogens with two attached hydrogens (primary N) is 5. The van der Waals surface area contributed by atoms with Gasteiger partial charge in [-0.25, -0.2) is 4.57 Å². The predicted molar refractivity (Wildman–Crippen MR) is 383 cm³/mol. The van der Waals surface area contributed by atoms with Crippen LogP contribution in [0.25, 0.3) is 10.8 Å². The van der Waals surface area contributed by atoms with Gasteiger partial charge in [0.05, 0.1) is 5.84 Å². The molecule has 520 valence electrons. The highest BCUT2D eigenvalue weighted by molar-refractivity contribution is 5.95. The summed E-state index contributed by atoms with van der Waals surface area (Å²) in [6, 6.07) is 33.1. The first-order valence-electron chi connectivity index (χ1n) is 31.6. The van der Waals surface area contributed by atoms with E-state index in [1.807, 2.05) is 108 Å². The number of aromatic nitrogens is 1. The minimum atomic E-state index is -0.340. The van der Waals surface area contributed by atoms with E-state index in [1.54, 1.807) is 73.6 Å². The lowest BCUT2D eigenvalue weighted by atomic mass is 9.94. The maximum Gasteiger partial charge on any atom is 0.217 e. The van der Waals surface area contributed by atoms with Crippen LogP contribution in [0.5, 0.6) is 5.75 Å². The van der Waals surface area contributed by atoms with Gasteiger partial charge < -0.3 is 38.6 Å². The van der Waals surface area contributed by atoms with Crippen LogP contribution in [-0.4, -0.2) is 81.5 Å². The maximum atomic E-state index is 11.3. The Hall–Kier alpha value is -8.87. The molecule has 19 heteroatoms. The molecule has 7 unspecified atom stereocenters. The van der Waals surface area contributed by atoms with Crippen LogP contribution < -0.4 is 33.2 Å². The molecule has 1 aromatic heterocycles. The Balaban J connectivity index is -0.000000499. The fraction of sp³-hybridized carbons (Fsp3) is 0.480. The molecule has 0 saturated carbocycles. The number of aryl methyl sites for hydroxylation is 1. The standard InChI is InChI=1S/C15H16O.C12H16N2O.C11H16NO.C11H14O2.C8H17N3O.C7H13NO2.C6H12N2O.C4H8O.CH4/c1-11(12(2)16)10-14-8-5-7-13-6-3-4-9-15(13)14;1-8(9(2)15)6-10-4-3-5-11(7-10)12(13)14;1-9(10(2)13)7-11-5-4-6-12(3)8-11;1-8(9(2)12)7-10-3-5-11(13)6-4-10;1-6(7(2)12)4-3-5-11-8(9)10;1-5(6(2)9)3-4-7(8)10;1-4(5(2)9)3-6(7)8;1-3-4(2)5;/h3-9,11H,10H2,1-2H3;3-5,7-8H,6H2,1-2H3,(H3,13,14);4-6,8-9H,7H2,1-3H3;3-6,8,13H,7H2,1-2H3;6H,3-5H2,1-2H3,(H4,9,10,11);5H,3-4H2,1-2H3,(H2,8,10);4H,3H2,1-2H3,(H3,7,8);3H2,1-2H3;1H4/q;;+1;;;;;;. The quantitative estimate of drug-likeness (QED) is 0.0110. The van der Waals surface area contributed by atoms with Crippen molar-refractivity contribution in [3.8, 4) is 5.75 Å². The van der Waals surface area contributed by atoms with Crippen LogP contribution >= 0.6 is 0 Å². The molecule has 0 aliphatic carbocycles. The number of rotatable bonds is 26. The summed E-state index contributed by atoms with van der Waals surface area (Å²) in [6.07, 6.45) is 10.8. The summed E-state index contributed by atoms with van der Waals surface area (Å²) in [5, 5.41) is 25.7. The number of phenols is 1. The van der Waals surface area contributed by atoms with Gasteiger partial charge in [-0.1, -0.05) is 136 Å². The fourth-order valence-electron chi connectivity index (χ4n) is 7.55. The van der Waals surface area contributed by atoms with E-state index in [-0.39, 0.29) is 124 Å². The number of nitrogens with one attached hydrogen (secondary N) is 2. The number of carbonyl (C=O) groups excluding carboxylic acids is 9. The van der Waals surface area contributed by atoms with Crippen LogP contribution in [0.15, 0.2) is 121 Å². The van der Waals surface area contributed by atoms with Crippen molar-refractivity contribution in [2.24, 2.45) is 82.1 Å². The third kappa shape index (κ3) is 48.0. The molecule has 7 atom stereocenters. The third-order valence-electron chi connectivity index (χ3n) is 15.0. The van der Waals surface area contributed by atoms with Crippen molar-refractivity contribution < 1.29 is 52.8 Å². The second-order valence-corrected chi connectivity index (χ2v) is 23.9. The van der Waals surface area contributed by atoms with Gasteiger partial charge in [0.25, 0.3) is 0 Å². The minimum absolute atomic E-state index is 0. The summed E-state index contributed by atoms with van der Waals surface area (Å²) < 4.78 is 2.00. The second-order valence-electron chi connectivity index (χ2n) is 23.9. The van der Waals surface area contributed by atoms with Crippen molar-refractivity contribution in [1.29, 1.82) is 10.8 Å². The Morgan fingerprint density at radius 2 is 0.936 bits per heavy atom. The molecule has 4 aromatic carbocycles. The average Bonchev–Trinajstić information content (AvgIpc) is 0.849. The van der Waals surface area contributed by atoms with Gasteiger partial charge in [-0.2, -0.15) is 0 Å². The number of pyridine rings is 1. The van der Waals surface area contributed by atoms with Gasteiger partial charge in [-0.15, -0.1) is 0 Å². The van der Waals surface area contributed by atoms with Crippen molar-refractivity contribution in [1.82, 2.24) is 0 Å². The third-order valence-corrected chi connectivity index (χ3v) is 15.0. The Morgan fingerprint density at radius 3 is 1.36 bits per heavy atom. The van der Waals surface area contributed by atoms with Crippen molar-refractivity contribution in [3.05, 3.63) is 143 Å². The molecule has 19 nitrogen and oxygen atoms in total. The molecule has 5 rings (SSSR count). The highest BCUT2D eigenvalue weighted by Gasteiger charge is 2.14. The number of carbonyl (C=O) groups is 9. The molecule has 1 heterocycles. The monoisotopic (exact) mass is 1300 g/mol. The number of primary amides is 1. The molecule has 0 spiro atoms. The van der Waals surface area contributed by atoms with E-state index < -0.39 is 0 Å².